The minimum Gasteiger partial charge on any atom is -0.357 e. The molecule has 3 rings (SSSR count). The second kappa shape index (κ2) is 11.1. The molecule has 0 unspecified atom stereocenters. The van der Waals surface area contributed by atoms with E-state index in [1.807, 2.05) is 4.90 Å². The highest BCUT2D eigenvalue weighted by Gasteiger charge is 2.38. The lowest BCUT2D eigenvalue weighted by atomic mass is 9.87. The molecule has 7 heteroatoms. The van der Waals surface area contributed by atoms with E-state index in [0.29, 0.717) is 10.7 Å². The minimum absolute atomic E-state index is 0. The summed E-state index contributed by atoms with van der Waals surface area (Å²) >= 11 is 2.21. The molecule has 1 N–H and O–H groups in total. The Morgan fingerprint density at radius 3 is 2.48 bits per heavy atom. The van der Waals surface area contributed by atoms with Gasteiger partial charge in [0, 0.05) is 56.7 Å². The van der Waals surface area contributed by atoms with Crippen LogP contribution in [0.5, 0.6) is 0 Å². The fraction of sp³-hybridized carbons (Fsp3) is 0.900. The van der Waals surface area contributed by atoms with Gasteiger partial charge in [-0.2, -0.15) is 11.8 Å². The van der Waals surface area contributed by atoms with Crippen LogP contribution in [0.15, 0.2) is 4.99 Å². The topological polar surface area (TPSA) is 47.9 Å². The van der Waals surface area contributed by atoms with E-state index in [-0.39, 0.29) is 29.9 Å². The second-order valence-corrected chi connectivity index (χ2v) is 9.72. The molecule has 2 saturated heterocycles. The van der Waals surface area contributed by atoms with Gasteiger partial charge in [0.05, 0.1) is 0 Å². The number of thioether (sulfide) groups is 1. The molecular formula is C20H37IN4OS. The maximum Gasteiger partial charge on any atom is 0.219 e. The predicted molar refractivity (Wildman–Crippen MR) is 126 cm³/mol. The van der Waals surface area contributed by atoms with Crippen molar-refractivity contribution in [3.8, 4) is 0 Å². The maximum absolute atomic E-state index is 11.5. The highest BCUT2D eigenvalue weighted by Crippen LogP contribution is 2.42. The highest BCUT2D eigenvalue weighted by molar-refractivity contribution is 14.0. The van der Waals surface area contributed by atoms with E-state index in [0.717, 1.165) is 58.1 Å². The Balaban J connectivity index is 0.00000261. The summed E-state index contributed by atoms with van der Waals surface area (Å²) in [7, 11) is 0. The first kappa shape index (κ1) is 23.1. The van der Waals surface area contributed by atoms with E-state index < -0.39 is 0 Å². The summed E-state index contributed by atoms with van der Waals surface area (Å²) in [5.41, 5.74) is 0. The number of hydrogen-bond acceptors (Lipinski definition) is 3. The molecule has 5 nitrogen and oxygen atoms in total. The van der Waals surface area contributed by atoms with Crippen molar-refractivity contribution in [3.05, 3.63) is 0 Å². The molecule has 1 saturated carbocycles. The molecule has 156 valence electrons. The van der Waals surface area contributed by atoms with Gasteiger partial charge in [0.1, 0.15) is 0 Å². The summed E-state index contributed by atoms with van der Waals surface area (Å²) < 4.78 is 0.472. The van der Waals surface area contributed by atoms with Crippen LogP contribution in [0.3, 0.4) is 0 Å². The van der Waals surface area contributed by atoms with Crippen molar-refractivity contribution in [2.45, 2.75) is 63.5 Å². The lowest BCUT2D eigenvalue weighted by molar-refractivity contribution is -0.130. The monoisotopic (exact) mass is 508 g/mol. The first-order chi connectivity index (χ1) is 12.6. The quantitative estimate of drug-likeness (QED) is 0.360. The van der Waals surface area contributed by atoms with Gasteiger partial charge in [-0.3, -0.25) is 9.79 Å². The number of carbonyl (C=O) groups is 1. The lowest BCUT2D eigenvalue weighted by Gasteiger charge is -2.45. The van der Waals surface area contributed by atoms with Crippen LogP contribution < -0.4 is 5.32 Å². The largest absolute Gasteiger partial charge is 0.357 e. The molecular weight excluding hydrogens is 471 g/mol. The Kier molecular flexibility index (Phi) is 9.52. The van der Waals surface area contributed by atoms with Crippen molar-refractivity contribution >= 4 is 47.6 Å². The normalized spacial score (nSPS) is 23.9. The molecule has 0 atom stereocenters. The van der Waals surface area contributed by atoms with Crippen molar-refractivity contribution in [2.24, 2.45) is 10.9 Å². The summed E-state index contributed by atoms with van der Waals surface area (Å²) in [4.78, 5) is 21.0. The molecule has 1 spiro atoms. The Bertz CT molecular complexity index is 497. The van der Waals surface area contributed by atoms with Gasteiger partial charge < -0.3 is 15.1 Å². The highest BCUT2D eigenvalue weighted by atomic mass is 127. The number of aliphatic imine (C=N–C) groups is 1. The molecule has 0 aromatic heterocycles. The fourth-order valence-electron chi connectivity index (χ4n) is 4.60. The fourth-order valence-corrected chi connectivity index (χ4v) is 6.17. The number of amides is 1. The number of piperidine rings is 1. The number of likely N-dealkylation sites (tertiary alicyclic amines) is 1. The van der Waals surface area contributed by atoms with E-state index >= 15 is 0 Å². The van der Waals surface area contributed by atoms with Gasteiger partial charge in [-0.15, -0.1) is 24.0 Å². The van der Waals surface area contributed by atoms with Crippen LogP contribution in [-0.2, 0) is 4.79 Å². The number of hydrogen-bond donors (Lipinski definition) is 1. The molecule has 0 bridgehead atoms. The van der Waals surface area contributed by atoms with Crippen molar-refractivity contribution in [2.75, 3.05) is 45.0 Å². The standard InChI is InChI=1S/C20H36N4OS.HI/c1-3-21-19(22-15-18-7-11-23(12-8-18)17(2)25)24-13-14-26-20(16-24)9-5-4-6-10-20;/h18H,3-16H2,1-2H3,(H,21,22);1H. The SMILES string of the molecule is CCNC(=NCC1CCN(C(C)=O)CC1)N1CCSC2(CCCCC2)C1.I. The molecule has 1 amide bonds. The average molecular weight is 509 g/mol. The van der Waals surface area contributed by atoms with E-state index in [2.05, 4.69) is 28.9 Å². The smallest absolute Gasteiger partial charge is 0.219 e. The van der Waals surface area contributed by atoms with Crippen LogP contribution in [0, 0.1) is 5.92 Å². The van der Waals surface area contributed by atoms with E-state index in [1.165, 1.54) is 37.9 Å². The molecule has 3 aliphatic rings. The van der Waals surface area contributed by atoms with Gasteiger partial charge in [-0.25, -0.2) is 0 Å². The minimum atomic E-state index is 0. The van der Waals surface area contributed by atoms with E-state index in [9.17, 15) is 4.79 Å². The Labute approximate surface area is 186 Å². The van der Waals surface area contributed by atoms with Gasteiger partial charge in [0.25, 0.3) is 0 Å². The van der Waals surface area contributed by atoms with Crippen LogP contribution in [-0.4, -0.2) is 71.4 Å². The van der Waals surface area contributed by atoms with Crippen molar-refractivity contribution in [1.82, 2.24) is 15.1 Å². The Morgan fingerprint density at radius 2 is 1.85 bits per heavy atom. The maximum atomic E-state index is 11.5. The summed E-state index contributed by atoms with van der Waals surface area (Å²) in [6.07, 6.45) is 9.11. The summed E-state index contributed by atoms with van der Waals surface area (Å²) in [6, 6.07) is 0. The number of halogens is 1. The lowest BCUT2D eigenvalue weighted by Crippen LogP contribution is -2.53. The van der Waals surface area contributed by atoms with Crippen molar-refractivity contribution in [1.29, 1.82) is 0 Å². The number of guanidine groups is 1. The number of nitrogens with zero attached hydrogens (tertiary/aromatic N) is 3. The molecule has 0 radical (unpaired) electrons. The van der Waals surface area contributed by atoms with Gasteiger partial charge in [0.2, 0.25) is 5.91 Å². The number of nitrogens with one attached hydrogen (secondary N) is 1. The van der Waals surface area contributed by atoms with Gasteiger partial charge in [0.15, 0.2) is 5.96 Å². The summed E-state index contributed by atoms with van der Waals surface area (Å²) in [6.45, 7) is 9.73. The third-order valence-corrected chi connectivity index (χ3v) is 7.74. The molecule has 2 heterocycles. The van der Waals surface area contributed by atoms with Crippen LogP contribution in [0.2, 0.25) is 0 Å². The molecule has 0 aromatic rings. The zero-order chi connectivity index (χ0) is 18.4. The van der Waals surface area contributed by atoms with Crippen LogP contribution in [0.4, 0.5) is 0 Å². The average Bonchev–Trinajstić information content (AvgIpc) is 2.66. The van der Waals surface area contributed by atoms with Crippen molar-refractivity contribution < 1.29 is 4.79 Å². The van der Waals surface area contributed by atoms with Gasteiger partial charge >= 0.3 is 0 Å². The number of rotatable bonds is 3. The van der Waals surface area contributed by atoms with E-state index in [1.54, 1.807) is 6.92 Å². The zero-order valence-corrected chi connectivity index (χ0v) is 20.2. The van der Waals surface area contributed by atoms with Gasteiger partial charge in [-0.1, -0.05) is 19.3 Å². The third kappa shape index (κ3) is 6.41. The zero-order valence-electron chi connectivity index (χ0n) is 17.0. The summed E-state index contributed by atoms with van der Waals surface area (Å²) in [5.74, 6) is 3.17. The number of carbonyl (C=O) groups excluding carboxylic acids is 1. The van der Waals surface area contributed by atoms with Crippen molar-refractivity contribution in [3.63, 3.8) is 0 Å². The van der Waals surface area contributed by atoms with Crippen LogP contribution in [0.25, 0.3) is 0 Å². The molecule has 2 aliphatic heterocycles. The first-order valence-electron chi connectivity index (χ1n) is 10.5. The second-order valence-electron chi connectivity index (χ2n) is 8.16. The van der Waals surface area contributed by atoms with E-state index in [4.69, 9.17) is 4.99 Å². The third-order valence-electron chi connectivity index (χ3n) is 6.21. The summed E-state index contributed by atoms with van der Waals surface area (Å²) in [5, 5.41) is 3.54. The Morgan fingerprint density at radius 1 is 1.15 bits per heavy atom. The molecule has 0 aromatic carbocycles. The Hall–Kier alpha value is -0.180. The van der Waals surface area contributed by atoms with Gasteiger partial charge in [-0.05, 0) is 38.5 Å². The first-order valence-corrected chi connectivity index (χ1v) is 11.5. The van der Waals surface area contributed by atoms with Crippen LogP contribution in [0.1, 0.15) is 58.8 Å². The molecule has 1 aliphatic carbocycles. The van der Waals surface area contributed by atoms with Crippen LogP contribution >= 0.6 is 35.7 Å². The molecule has 27 heavy (non-hydrogen) atoms. The molecule has 3 fully saturated rings. The predicted octanol–water partition coefficient (Wildman–Crippen LogP) is 3.58.